The Balaban J connectivity index is 1.77. The van der Waals surface area contributed by atoms with Crippen molar-refractivity contribution >= 4 is 28.4 Å². The zero-order valence-electron chi connectivity index (χ0n) is 15.4. The van der Waals surface area contributed by atoms with Crippen molar-refractivity contribution in [3.63, 3.8) is 0 Å². The van der Waals surface area contributed by atoms with Crippen molar-refractivity contribution in [3.05, 3.63) is 59.8 Å². The number of aromatic nitrogens is 2. The molecule has 0 saturated carbocycles. The number of terminal acetylenes is 1. The Bertz CT molecular complexity index is 990. The number of nitrogens with one attached hydrogen (secondary N) is 2. The molecule has 1 aromatic carbocycles. The van der Waals surface area contributed by atoms with Gasteiger partial charge in [0.05, 0.1) is 17.6 Å². The van der Waals surface area contributed by atoms with E-state index < -0.39 is 0 Å². The molecule has 3 rings (SSSR count). The molecule has 2 heterocycles. The average Bonchev–Trinajstić information content (AvgIpc) is 2.70. The summed E-state index contributed by atoms with van der Waals surface area (Å²) in [5.41, 5.74) is 2.55. The third-order valence-electron chi connectivity index (χ3n) is 4.08. The van der Waals surface area contributed by atoms with Crippen LogP contribution in [0.2, 0.25) is 0 Å². The van der Waals surface area contributed by atoms with Gasteiger partial charge in [-0.25, -0.2) is 9.97 Å². The number of hydrogen-bond acceptors (Lipinski definition) is 5. The van der Waals surface area contributed by atoms with E-state index in [0.717, 1.165) is 22.3 Å². The number of para-hydroxylation sites is 1. The standard InChI is InChI=1S/C21H21N5O/c1-4-11-22-21(27)15-9-10-19(23-13-15)24-14-16-12-20(26(2)3)25-18-8-6-5-7-17(16)18/h1,5-10,12-13H,11,14H2,2-3H3,(H,22,27)(H,23,24). The Morgan fingerprint density at radius 1 is 1.22 bits per heavy atom. The quantitative estimate of drug-likeness (QED) is 0.662. The smallest absolute Gasteiger partial charge is 0.253 e. The highest BCUT2D eigenvalue weighted by Gasteiger charge is 2.08. The van der Waals surface area contributed by atoms with Crippen LogP contribution < -0.4 is 15.5 Å². The number of anilines is 2. The fraction of sp³-hybridized carbons (Fsp3) is 0.190. The molecule has 0 spiro atoms. The third kappa shape index (κ3) is 4.33. The maximum Gasteiger partial charge on any atom is 0.253 e. The molecule has 0 atom stereocenters. The van der Waals surface area contributed by atoms with Gasteiger partial charge in [-0.2, -0.15) is 0 Å². The van der Waals surface area contributed by atoms with Gasteiger partial charge in [0.25, 0.3) is 5.91 Å². The molecule has 0 aliphatic heterocycles. The van der Waals surface area contributed by atoms with Crippen molar-refractivity contribution < 1.29 is 4.79 Å². The Hall–Kier alpha value is -3.59. The third-order valence-corrected chi connectivity index (χ3v) is 4.08. The van der Waals surface area contributed by atoms with Crippen molar-refractivity contribution in [1.82, 2.24) is 15.3 Å². The summed E-state index contributed by atoms with van der Waals surface area (Å²) in [7, 11) is 3.94. The molecule has 0 unspecified atom stereocenters. The van der Waals surface area contributed by atoms with Gasteiger partial charge in [0, 0.05) is 32.2 Å². The first-order valence-electron chi connectivity index (χ1n) is 8.56. The van der Waals surface area contributed by atoms with Crippen molar-refractivity contribution in [2.45, 2.75) is 6.54 Å². The van der Waals surface area contributed by atoms with E-state index in [1.807, 2.05) is 37.2 Å². The molecule has 3 aromatic rings. The molecule has 136 valence electrons. The van der Waals surface area contributed by atoms with Crippen LogP contribution in [-0.4, -0.2) is 36.5 Å². The lowest BCUT2D eigenvalue weighted by molar-refractivity contribution is 0.0958. The van der Waals surface area contributed by atoms with E-state index in [2.05, 4.69) is 38.7 Å². The Labute approximate surface area is 158 Å². The van der Waals surface area contributed by atoms with Gasteiger partial charge in [-0.1, -0.05) is 24.1 Å². The highest BCUT2D eigenvalue weighted by molar-refractivity contribution is 5.94. The minimum Gasteiger partial charge on any atom is -0.366 e. The number of carbonyl (C=O) groups is 1. The molecule has 0 aliphatic rings. The highest BCUT2D eigenvalue weighted by atomic mass is 16.1. The largest absolute Gasteiger partial charge is 0.366 e. The minimum absolute atomic E-state index is 0.197. The van der Waals surface area contributed by atoms with Crippen molar-refractivity contribution in [3.8, 4) is 12.3 Å². The Morgan fingerprint density at radius 2 is 2.04 bits per heavy atom. The summed E-state index contributed by atoms with van der Waals surface area (Å²) >= 11 is 0. The van der Waals surface area contributed by atoms with E-state index >= 15 is 0 Å². The van der Waals surface area contributed by atoms with E-state index in [1.165, 1.54) is 6.20 Å². The topological polar surface area (TPSA) is 70.2 Å². The number of carbonyl (C=O) groups excluding carboxylic acids is 1. The molecule has 2 aromatic heterocycles. The van der Waals surface area contributed by atoms with Gasteiger partial charge < -0.3 is 15.5 Å². The van der Waals surface area contributed by atoms with Crippen molar-refractivity contribution in [1.29, 1.82) is 0 Å². The van der Waals surface area contributed by atoms with Gasteiger partial charge >= 0.3 is 0 Å². The number of amides is 1. The molecule has 6 nitrogen and oxygen atoms in total. The summed E-state index contributed by atoms with van der Waals surface area (Å²) in [6.07, 6.45) is 6.68. The highest BCUT2D eigenvalue weighted by Crippen LogP contribution is 2.23. The number of rotatable bonds is 6. The predicted octanol–water partition coefficient (Wildman–Crippen LogP) is 2.67. The summed E-state index contributed by atoms with van der Waals surface area (Å²) < 4.78 is 0. The second-order valence-electron chi connectivity index (χ2n) is 6.22. The Morgan fingerprint density at radius 3 is 2.74 bits per heavy atom. The first-order chi connectivity index (χ1) is 13.1. The average molecular weight is 359 g/mol. The van der Waals surface area contributed by atoms with Crippen LogP contribution in [0.15, 0.2) is 48.7 Å². The minimum atomic E-state index is -0.234. The van der Waals surface area contributed by atoms with Crippen LogP contribution in [0.4, 0.5) is 11.6 Å². The normalized spacial score (nSPS) is 10.3. The maximum atomic E-state index is 11.9. The van der Waals surface area contributed by atoms with Crippen LogP contribution in [0.5, 0.6) is 0 Å². The molecular formula is C21H21N5O. The molecule has 1 amide bonds. The number of pyridine rings is 2. The van der Waals surface area contributed by atoms with Gasteiger partial charge in [0.2, 0.25) is 0 Å². The number of hydrogen-bond donors (Lipinski definition) is 2. The van der Waals surface area contributed by atoms with Crippen molar-refractivity contribution in [2.75, 3.05) is 30.9 Å². The van der Waals surface area contributed by atoms with Gasteiger partial charge in [0.15, 0.2) is 0 Å². The summed E-state index contributed by atoms with van der Waals surface area (Å²) in [4.78, 5) is 22.8. The van der Waals surface area contributed by atoms with Crippen LogP contribution in [0, 0.1) is 12.3 Å². The van der Waals surface area contributed by atoms with Gasteiger partial charge in [-0.05, 0) is 29.8 Å². The van der Waals surface area contributed by atoms with E-state index in [9.17, 15) is 4.79 Å². The molecule has 0 bridgehead atoms. The second-order valence-corrected chi connectivity index (χ2v) is 6.22. The molecule has 0 saturated heterocycles. The summed E-state index contributed by atoms with van der Waals surface area (Å²) in [6.45, 7) is 0.793. The zero-order chi connectivity index (χ0) is 19.2. The van der Waals surface area contributed by atoms with Gasteiger partial charge in [-0.3, -0.25) is 4.79 Å². The molecule has 6 heteroatoms. The van der Waals surface area contributed by atoms with Crippen LogP contribution in [-0.2, 0) is 6.54 Å². The molecule has 0 aliphatic carbocycles. The first kappa shape index (κ1) is 18.2. The van der Waals surface area contributed by atoms with Crippen LogP contribution >= 0.6 is 0 Å². The summed E-state index contributed by atoms with van der Waals surface area (Å²) in [5.74, 6) is 3.73. The lowest BCUT2D eigenvalue weighted by Gasteiger charge is -2.15. The van der Waals surface area contributed by atoms with Crippen LogP contribution in [0.25, 0.3) is 10.9 Å². The summed E-state index contributed by atoms with van der Waals surface area (Å²) in [6, 6.07) is 13.6. The predicted molar refractivity (Wildman–Crippen MR) is 109 cm³/mol. The van der Waals surface area contributed by atoms with E-state index in [1.54, 1.807) is 12.1 Å². The number of nitrogens with zero attached hydrogens (tertiary/aromatic N) is 3. The number of benzene rings is 1. The van der Waals surface area contributed by atoms with Crippen molar-refractivity contribution in [2.24, 2.45) is 0 Å². The fourth-order valence-corrected chi connectivity index (χ4v) is 2.66. The summed E-state index contributed by atoms with van der Waals surface area (Å²) in [5, 5.41) is 7.02. The van der Waals surface area contributed by atoms with Crippen LogP contribution in [0.3, 0.4) is 0 Å². The molecule has 2 N–H and O–H groups in total. The Kier molecular flexibility index (Phi) is 5.53. The monoisotopic (exact) mass is 359 g/mol. The molecule has 27 heavy (non-hydrogen) atoms. The molecule has 0 fully saturated rings. The zero-order valence-corrected chi connectivity index (χ0v) is 15.4. The van der Waals surface area contributed by atoms with E-state index in [-0.39, 0.29) is 12.5 Å². The van der Waals surface area contributed by atoms with E-state index in [0.29, 0.717) is 17.9 Å². The van der Waals surface area contributed by atoms with E-state index in [4.69, 9.17) is 6.42 Å². The number of fused-ring (bicyclic) bond motifs is 1. The van der Waals surface area contributed by atoms with Gasteiger partial charge in [-0.15, -0.1) is 6.42 Å². The fourth-order valence-electron chi connectivity index (χ4n) is 2.66. The SMILES string of the molecule is C#CCNC(=O)c1ccc(NCc2cc(N(C)C)nc3ccccc23)nc1. The first-order valence-corrected chi connectivity index (χ1v) is 8.56. The second kappa shape index (κ2) is 8.19. The maximum absolute atomic E-state index is 11.9. The van der Waals surface area contributed by atoms with Crippen LogP contribution in [0.1, 0.15) is 15.9 Å². The lowest BCUT2D eigenvalue weighted by Crippen LogP contribution is -2.23. The van der Waals surface area contributed by atoms with Gasteiger partial charge in [0.1, 0.15) is 11.6 Å². The molecular weight excluding hydrogens is 338 g/mol. The molecule has 0 radical (unpaired) electrons. The lowest BCUT2D eigenvalue weighted by atomic mass is 10.1.